The zero-order valence-electron chi connectivity index (χ0n) is 8.26. The quantitative estimate of drug-likeness (QED) is 0.524. The number of ketones is 1. The zero-order chi connectivity index (χ0) is 9.85. The Labute approximate surface area is 77.8 Å². The molecule has 2 bridgehead atoms. The van der Waals surface area contributed by atoms with Gasteiger partial charge in [0.2, 0.25) is 0 Å². The molecule has 0 aliphatic heterocycles. The first kappa shape index (κ1) is 8.73. The van der Waals surface area contributed by atoms with E-state index in [1.54, 1.807) is 0 Å². The van der Waals surface area contributed by atoms with Crippen molar-refractivity contribution >= 4 is 11.5 Å². The van der Waals surface area contributed by atoms with E-state index in [1.807, 2.05) is 6.92 Å². The highest BCUT2D eigenvalue weighted by Gasteiger charge is 2.65. The molecular weight excluding hydrogens is 166 g/mol. The zero-order valence-corrected chi connectivity index (χ0v) is 8.26. The van der Waals surface area contributed by atoms with Crippen LogP contribution in [0.2, 0.25) is 0 Å². The number of nitrogens with zero attached hydrogens (tertiary/aromatic N) is 1. The number of carbonyl (C=O) groups excluding carboxylic acids is 1. The van der Waals surface area contributed by atoms with Crippen LogP contribution in [0.3, 0.4) is 0 Å². The summed E-state index contributed by atoms with van der Waals surface area (Å²) in [5, 5.41) is 13.4. The van der Waals surface area contributed by atoms with Gasteiger partial charge >= 0.3 is 0 Å². The van der Waals surface area contributed by atoms with Gasteiger partial charge in [0.15, 0.2) is 5.78 Å². The highest BCUT2D eigenvalue weighted by Crippen LogP contribution is 2.62. The van der Waals surface area contributed by atoms with Gasteiger partial charge in [-0.3, -0.25) is 4.79 Å². The second-order valence-corrected chi connectivity index (χ2v) is 4.95. The average Bonchev–Trinajstić information content (AvgIpc) is 2.36. The molecule has 3 heteroatoms. The van der Waals surface area contributed by atoms with Gasteiger partial charge in [0.05, 0.1) is 0 Å². The number of Topliss-reactive ketones (excluding diaryl/α,β-unsaturated/α-hetero) is 1. The standard InChI is InChI=1S/C10H14NO2/c1-9(2)6-4-5-10(9,3)8(12)7(6)11-13/h6H,4-5H2,1-3H3/b11-7-/t6-,10+/m0/s1. The maximum atomic E-state index is 11.8. The van der Waals surface area contributed by atoms with Crippen molar-refractivity contribution in [3.05, 3.63) is 0 Å². The summed E-state index contributed by atoms with van der Waals surface area (Å²) in [6.45, 7) is 6.11. The molecule has 0 N–H and O–H groups in total. The topological polar surface area (TPSA) is 49.3 Å². The summed E-state index contributed by atoms with van der Waals surface area (Å²) >= 11 is 0. The third kappa shape index (κ3) is 0.713. The summed E-state index contributed by atoms with van der Waals surface area (Å²) in [5.74, 6) is 0.0891. The van der Waals surface area contributed by atoms with Crippen molar-refractivity contribution < 1.29 is 10.0 Å². The minimum absolute atomic E-state index is 0.0104. The van der Waals surface area contributed by atoms with Gasteiger partial charge in [-0.25, -0.2) is 0 Å². The van der Waals surface area contributed by atoms with Gasteiger partial charge in [0, 0.05) is 11.3 Å². The number of carbonyl (C=O) groups is 1. The molecule has 0 spiro atoms. The van der Waals surface area contributed by atoms with Crippen LogP contribution in [0.5, 0.6) is 0 Å². The lowest BCUT2D eigenvalue weighted by atomic mass is 9.70. The van der Waals surface area contributed by atoms with Gasteiger partial charge in [-0.1, -0.05) is 20.8 Å². The fourth-order valence-electron chi connectivity index (χ4n) is 2.93. The van der Waals surface area contributed by atoms with Crippen LogP contribution in [-0.2, 0) is 10.0 Å². The molecule has 2 fully saturated rings. The summed E-state index contributed by atoms with van der Waals surface area (Å²) in [4.78, 5) is 11.8. The lowest BCUT2D eigenvalue weighted by Crippen LogP contribution is -2.33. The summed E-state index contributed by atoms with van der Waals surface area (Å²) < 4.78 is 0. The Bertz CT molecular complexity index is 306. The number of fused-ring (bicyclic) bond motifs is 2. The molecule has 2 atom stereocenters. The predicted molar refractivity (Wildman–Crippen MR) is 47.7 cm³/mol. The van der Waals surface area contributed by atoms with Crippen LogP contribution in [0.15, 0.2) is 5.16 Å². The van der Waals surface area contributed by atoms with Crippen molar-refractivity contribution in [2.24, 2.45) is 21.9 Å². The van der Waals surface area contributed by atoms with Crippen LogP contribution in [0, 0.1) is 16.7 Å². The first-order chi connectivity index (χ1) is 5.95. The molecule has 13 heavy (non-hydrogen) atoms. The van der Waals surface area contributed by atoms with Crippen molar-refractivity contribution in [1.29, 1.82) is 0 Å². The maximum Gasteiger partial charge on any atom is 0.187 e. The monoisotopic (exact) mass is 180 g/mol. The molecule has 0 amide bonds. The van der Waals surface area contributed by atoms with Crippen LogP contribution in [-0.4, -0.2) is 11.5 Å². The van der Waals surface area contributed by atoms with Gasteiger partial charge in [-0.05, 0) is 23.4 Å². The summed E-state index contributed by atoms with van der Waals surface area (Å²) in [5.41, 5.74) is -0.118. The average molecular weight is 180 g/mol. The number of hydrogen-bond donors (Lipinski definition) is 0. The highest BCUT2D eigenvalue weighted by atomic mass is 16.4. The Morgan fingerprint density at radius 3 is 2.31 bits per heavy atom. The molecule has 2 aliphatic rings. The van der Waals surface area contributed by atoms with Gasteiger partial charge in [0.1, 0.15) is 5.71 Å². The van der Waals surface area contributed by atoms with E-state index in [1.165, 1.54) is 0 Å². The first-order valence-electron chi connectivity index (χ1n) is 4.70. The van der Waals surface area contributed by atoms with Crippen LogP contribution < -0.4 is 0 Å². The molecule has 0 aromatic heterocycles. The molecule has 2 rings (SSSR count). The fraction of sp³-hybridized carbons (Fsp3) is 0.800. The Morgan fingerprint density at radius 2 is 2.00 bits per heavy atom. The molecule has 0 aromatic carbocycles. The number of rotatable bonds is 0. The van der Waals surface area contributed by atoms with Gasteiger partial charge < -0.3 is 0 Å². The van der Waals surface area contributed by atoms with E-state index >= 15 is 0 Å². The molecule has 3 nitrogen and oxygen atoms in total. The van der Waals surface area contributed by atoms with E-state index in [-0.39, 0.29) is 22.5 Å². The molecule has 2 saturated carbocycles. The largest absolute Gasteiger partial charge is 0.292 e. The van der Waals surface area contributed by atoms with E-state index in [4.69, 9.17) is 0 Å². The fourth-order valence-corrected chi connectivity index (χ4v) is 2.93. The van der Waals surface area contributed by atoms with Gasteiger partial charge in [-0.2, -0.15) is 0 Å². The second-order valence-electron chi connectivity index (χ2n) is 4.95. The molecule has 1 radical (unpaired) electrons. The van der Waals surface area contributed by atoms with E-state index < -0.39 is 0 Å². The van der Waals surface area contributed by atoms with Crippen LogP contribution >= 0.6 is 0 Å². The minimum Gasteiger partial charge on any atom is -0.292 e. The van der Waals surface area contributed by atoms with Crippen molar-refractivity contribution in [1.82, 2.24) is 0 Å². The summed E-state index contributed by atoms with van der Waals surface area (Å²) in [6, 6.07) is 0. The molecule has 0 unspecified atom stereocenters. The van der Waals surface area contributed by atoms with Gasteiger partial charge in [0.25, 0.3) is 0 Å². The minimum atomic E-state index is -0.332. The normalized spacial score (nSPS) is 44.7. The van der Waals surface area contributed by atoms with E-state index in [0.717, 1.165) is 12.8 Å². The van der Waals surface area contributed by atoms with Crippen LogP contribution in [0.25, 0.3) is 0 Å². The van der Waals surface area contributed by atoms with E-state index in [2.05, 4.69) is 19.0 Å². The Hall–Kier alpha value is -0.860. The molecule has 0 aromatic rings. The van der Waals surface area contributed by atoms with Crippen LogP contribution in [0.1, 0.15) is 33.6 Å². The molecule has 0 saturated heterocycles. The Kier molecular flexibility index (Phi) is 1.44. The van der Waals surface area contributed by atoms with E-state index in [0.29, 0.717) is 5.71 Å². The van der Waals surface area contributed by atoms with Crippen molar-refractivity contribution in [3.8, 4) is 0 Å². The van der Waals surface area contributed by atoms with Crippen molar-refractivity contribution in [2.45, 2.75) is 33.6 Å². The maximum absolute atomic E-state index is 11.8. The molecule has 0 heterocycles. The molecule has 2 aliphatic carbocycles. The highest BCUT2D eigenvalue weighted by molar-refractivity contribution is 6.45. The van der Waals surface area contributed by atoms with Gasteiger partial charge in [-0.15, -0.1) is 5.21 Å². The summed E-state index contributed by atoms with van der Waals surface area (Å²) in [7, 11) is 0. The Balaban J connectivity index is 2.57. The second kappa shape index (κ2) is 2.14. The van der Waals surface area contributed by atoms with Crippen molar-refractivity contribution in [2.75, 3.05) is 0 Å². The predicted octanol–water partition coefficient (Wildman–Crippen LogP) is 1.80. The van der Waals surface area contributed by atoms with Crippen LogP contribution in [0.4, 0.5) is 0 Å². The SMILES string of the molecule is CC1(C)[C@H]2CC[C@]1(C)C(=O)/C2=N\[O]. The first-order valence-corrected chi connectivity index (χ1v) is 4.70. The lowest BCUT2D eigenvalue weighted by Gasteiger charge is -2.31. The van der Waals surface area contributed by atoms with E-state index in [9.17, 15) is 10.0 Å². The summed E-state index contributed by atoms with van der Waals surface area (Å²) in [6.07, 6.45) is 1.85. The smallest absolute Gasteiger partial charge is 0.187 e. The third-order valence-corrected chi connectivity index (χ3v) is 4.39. The molecule has 71 valence electrons. The van der Waals surface area contributed by atoms with Crippen molar-refractivity contribution in [3.63, 3.8) is 0 Å². The lowest BCUT2D eigenvalue weighted by molar-refractivity contribution is -0.123. The molecular formula is C10H14NO2. The number of hydrogen-bond acceptors (Lipinski definition) is 2. The third-order valence-electron chi connectivity index (χ3n) is 4.39. The Morgan fingerprint density at radius 1 is 1.38 bits per heavy atom.